The van der Waals surface area contributed by atoms with Crippen LogP contribution in [0.15, 0.2) is 53.5 Å². The topological polar surface area (TPSA) is 30.9 Å². The van der Waals surface area contributed by atoms with Crippen molar-refractivity contribution < 1.29 is 0 Å². The third kappa shape index (κ3) is 4.36. The zero-order valence-corrected chi connectivity index (χ0v) is 14.8. The second kappa shape index (κ2) is 7.49. The van der Waals surface area contributed by atoms with Crippen LogP contribution in [0.5, 0.6) is 0 Å². The highest BCUT2D eigenvalue weighted by molar-refractivity contribution is 5.95. The highest BCUT2D eigenvalue weighted by Gasteiger charge is 2.18. The number of nitrogens with one attached hydrogen (secondary N) is 1. The summed E-state index contributed by atoms with van der Waals surface area (Å²) in [5.74, 6) is 0.927. The molecule has 0 unspecified atom stereocenters. The van der Waals surface area contributed by atoms with Crippen molar-refractivity contribution in [1.29, 1.82) is 0 Å². The Morgan fingerprint density at radius 3 is 1.96 bits per heavy atom. The average Bonchev–Trinajstić information content (AvgIpc) is 2.59. The monoisotopic (exact) mass is 322 g/mol. The molecule has 1 heterocycles. The van der Waals surface area contributed by atoms with E-state index in [0.717, 1.165) is 43.5 Å². The molecule has 0 bridgehead atoms. The zero-order chi connectivity index (χ0) is 16.9. The molecule has 0 radical (unpaired) electrons. The van der Waals surface area contributed by atoms with Crippen LogP contribution < -0.4 is 5.32 Å². The molecule has 126 valence electrons. The maximum atomic E-state index is 4.88. The number of rotatable bonds is 2. The highest BCUT2D eigenvalue weighted by atomic mass is 15.3. The molecule has 3 rings (SSSR count). The predicted molar refractivity (Wildman–Crippen MR) is 102 cm³/mol. The molecule has 0 saturated carbocycles. The summed E-state index contributed by atoms with van der Waals surface area (Å²) in [5, 5.41) is 3.51. The van der Waals surface area contributed by atoms with Gasteiger partial charge in [0.1, 0.15) is 0 Å². The van der Waals surface area contributed by atoms with Gasteiger partial charge in [-0.15, -0.1) is 0 Å². The number of aryl methyl sites for hydroxylation is 2. The molecule has 4 heteroatoms. The van der Waals surface area contributed by atoms with Gasteiger partial charge in [-0.3, -0.25) is 0 Å². The molecule has 0 atom stereocenters. The Balaban J connectivity index is 1.85. The number of hydrogen-bond acceptors (Lipinski definition) is 2. The van der Waals surface area contributed by atoms with Crippen molar-refractivity contribution in [2.24, 2.45) is 4.99 Å². The molecule has 0 spiro atoms. The third-order valence-corrected chi connectivity index (χ3v) is 4.38. The molecule has 1 saturated heterocycles. The van der Waals surface area contributed by atoms with Crippen LogP contribution in [0.4, 0.5) is 11.4 Å². The first-order chi connectivity index (χ1) is 11.6. The molecule has 2 aromatic rings. The van der Waals surface area contributed by atoms with Gasteiger partial charge in [-0.2, -0.15) is 0 Å². The van der Waals surface area contributed by atoms with Crippen molar-refractivity contribution >= 4 is 17.3 Å². The number of guanidine groups is 1. The molecule has 1 aliphatic rings. The molecule has 2 aromatic carbocycles. The minimum absolute atomic E-state index is 0.927. The Morgan fingerprint density at radius 2 is 1.38 bits per heavy atom. The maximum Gasteiger partial charge on any atom is 0.203 e. The Bertz CT molecular complexity index is 681. The number of aliphatic imine (C=N–C) groups is 1. The standard InChI is InChI=1S/C20H26N4/c1-16-4-8-18(9-5-16)21-20(24-14-12-23(3)13-15-24)22-19-10-6-17(2)7-11-19/h4-11H,12-15H2,1-3H3,(H,21,22). The van der Waals surface area contributed by atoms with Gasteiger partial charge in [0.2, 0.25) is 5.96 Å². The number of likely N-dealkylation sites (N-methyl/N-ethyl adjacent to an activating group) is 1. The van der Waals surface area contributed by atoms with E-state index in [-0.39, 0.29) is 0 Å². The van der Waals surface area contributed by atoms with Gasteiger partial charge in [-0.25, -0.2) is 4.99 Å². The van der Waals surface area contributed by atoms with E-state index in [4.69, 9.17) is 4.99 Å². The van der Waals surface area contributed by atoms with Gasteiger partial charge in [-0.1, -0.05) is 35.4 Å². The Labute approximate surface area is 144 Å². The molecule has 0 amide bonds. The first-order valence-corrected chi connectivity index (χ1v) is 8.53. The highest BCUT2D eigenvalue weighted by Crippen LogP contribution is 2.16. The van der Waals surface area contributed by atoms with Crippen LogP contribution in [0, 0.1) is 13.8 Å². The van der Waals surface area contributed by atoms with Crippen LogP contribution in [0.3, 0.4) is 0 Å². The first kappa shape index (κ1) is 16.5. The van der Waals surface area contributed by atoms with Crippen LogP contribution >= 0.6 is 0 Å². The Kier molecular flexibility index (Phi) is 5.16. The van der Waals surface area contributed by atoms with Crippen LogP contribution in [-0.4, -0.2) is 49.0 Å². The summed E-state index contributed by atoms with van der Waals surface area (Å²) in [6.45, 7) is 8.29. The summed E-state index contributed by atoms with van der Waals surface area (Å²) in [5.41, 5.74) is 4.57. The lowest BCUT2D eigenvalue weighted by atomic mass is 10.2. The summed E-state index contributed by atoms with van der Waals surface area (Å²) < 4.78 is 0. The van der Waals surface area contributed by atoms with Crippen molar-refractivity contribution in [1.82, 2.24) is 9.80 Å². The van der Waals surface area contributed by atoms with E-state index in [1.807, 2.05) is 0 Å². The van der Waals surface area contributed by atoms with E-state index in [0.29, 0.717) is 0 Å². The van der Waals surface area contributed by atoms with Gasteiger partial charge in [0.15, 0.2) is 0 Å². The summed E-state index contributed by atoms with van der Waals surface area (Å²) in [6, 6.07) is 16.8. The zero-order valence-electron chi connectivity index (χ0n) is 14.8. The summed E-state index contributed by atoms with van der Waals surface area (Å²) >= 11 is 0. The average molecular weight is 322 g/mol. The number of benzene rings is 2. The summed E-state index contributed by atoms with van der Waals surface area (Å²) in [6.07, 6.45) is 0. The predicted octanol–water partition coefficient (Wildman–Crippen LogP) is 3.65. The number of hydrogen-bond donors (Lipinski definition) is 1. The molecule has 1 aliphatic heterocycles. The molecule has 1 N–H and O–H groups in total. The van der Waals surface area contributed by atoms with E-state index < -0.39 is 0 Å². The summed E-state index contributed by atoms with van der Waals surface area (Å²) in [4.78, 5) is 9.57. The molecule has 4 nitrogen and oxygen atoms in total. The third-order valence-electron chi connectivity index (χ3n) is 4.38. The maximum absolute atomic E-state index is 4.88. The van der Waals surface area contributed by atoms with Crippen LogP contribution in [0.2, 0.25) is 0 Å². The number of anilines is 1. The van der Waals surface area contributed by atoms with E-state index >= 15 is 0 Å². The molecular formula is C20H26N4. The van der Waals surface area contributed by atoms with Crippen molar-refractivity contribution in [3.8, 4) is 0 Å². The normalized spacial score (nSPS) is 16.3. The van der Waals surface area contributed by atoms with Crippen LogP contribution in [0.1, 0.15) is 11.1 Å². The van der Waals surface area contributed by atoms with Gasteiger partial charge < -0.3 is 15.1 Å². The fourth-order valence-electron chi connectivity index (χ4n) is 2.70. The lowest BCUT2D eigenvalue weighted by Gasteiger charge is -2.34. The molecule has 0 aromatic heterocycles. The minimum Gasteiger partial charge on any atom is -0.340 e. The van der Waals surface area contributed by atoms with Gasteiger partial charge in [0.05, 0.1) is 5.69 Å². The first-order valence-electron chi connectivity index (χ1n) is 8.53. The Morgan fingerprint density at radius 1 is 0.833 bits per heavy atom. The SMILES string of the molecule is Cc1ccc(N=C(Nc2ccc(C)cc2)N2CCN(C)CC2)cc1. The summed E-state index contributed by atoms with van der Waals surface area (Å²) in [7, 11) is 2.17. The fourth-order valence-corrected chi connectivity index (χ4v) is 2.70. The van der Waals surface area contributed by atoms with Crippen molar-refractivity contribution in [3.05, 3.63) is 59.7 Å². The molecule has 1 fully saturated rings. The van der Waals surface area contributed by atoms with Crippen LogP contribution in [0.25, 0.3) is 0 Å². The van der Waals surface area contributed by atoms with Gasteiger partial charge in [-0.05, 0) is 45.2 Å². The van der Waals surface area contributed by atoms with E-state index in [2.05, 4.69) is 84.5 Å². The van der Waals surface area contributed by atoms with Crippen molar-refractivity contribution in [3.63, 3.8) is 0 Å². The van der Waals surface area contributed by atoms with Gasteiger partial charge in [0, 0.05) is 31.9 Å². The van der Waals surface area contributed by atoms with Gasteiger partial charge in [0.25, 0.3) is 0 Å². The lowest BCUT2D eigenvalue weighted by Crippen LogP contribution is -2.49. The van der Waals surface area contributed by atoms with Crippen molar-refractivity contribution in [2.45, 2.75) is 13.8 Å². The molecule has 0 aliphatic carbocycles. The second-order valence-electron chi connectivity index (χ2n) is 6.55. The smallest absolute Gasteiger partial charge is 0.203 e. The largest absolute Gasteiger partial charge is 0.340 e. The molecule has 24 heavy (non-hydrogen) atoms. The minimum atomic E-state index is 0.927. The lowest BCUT2D eigenvalue weighted by molar-refractivity contribution is 0.215. The van der Waals surface area contributed by atoms with Gasteiger partial charge >= 0.3 is 0 Å². The van der Waals surface area contributed by atoms with Crippen LogP contribution in [-0.2, 0) is 0 Å². The number of nitrogens with zero attached hydrogens (tertiary/aromatic N) is 3. The van der Waals surface area contributed by atoms with E-state index in [9.17, 15) is 0 Å². The van der Waals surface area contributed by atoms with E-state index in [1.165, 1.54) is 11.1 Å². The second-order valence-corrected chi connectivity index (χ2v) is 6.55. The quantitative estimate of drug-likeness (QED) is 0.676. The Hall–Kier alpha value is -2.33. The van der Waals surface area contributed by atoms with Crippen molar-refractivity contribution in [2.75, 3.05) is 38.5 Å². The number of piperazine rings is 1. The molecular weight excluding hydrogens is 296 g/mol. The fraction of sp³-hybridized carbons (Fsp3) is 0.350. The van der Waals surface area contributed by atoms with E-state index in [1.54, 1.807) is 0 Å².